The highest BCUT2D eigenvalue weighted by Gasteiger charge is 2.40. The van der Waals surface area contributed by atoms with Crippen molar-refractivity contribution in [2.75, 3.05) is 13.7 Å². The second kappa shape index (κ2) is 5.88. The van der Waals surface area contributed by atoms with Crippen molar-refractivity contribution >= 4 is 27.8 Å². The molecule has 2 rings (SSSR count). The Hall–Kier alpha value is -1.47. The first-order valence-corrected chi connectivity index (χ1v) is 6.75. The fraction of sp³-hybridized carbons (Fsp3) is 0.385. The van der Waals surface area contributed by atoms with Crippen LogP contribution in [0.3, 0.4) is 0 Å². The Morgan fingerprint density at radius 2 is 2.20 bits per heavy atom. The zero-order valence-electron chi connectivity index (χ0n) is 10.7. The summed E-state index contributed by atoms with van der Waals surface area (Å²) in [4.78, 5) is 24.6. The van der Waals surface area contributed by atoms with Crippen molar-refractivity contribution in [3.63, 3.8) is 0 Å². The van der Waals surface area contributed by atoms with Crippen LogP contribution < -0.4 is 0 Å². The quantitative estimate of drug-likeness (QED) is 0.908. The summed E-state index contributed by atoms with van der Waals surface area (Å²) in [6.07, 6.45) is -0.144. The number of carboxylic acid groups (broad SMARTS) is 1. The maximum absolute atomic E-state index is 13.8. The van der Waals surface area contributed by atoms with Crippen molar-refractivity contribution in [2.24, 2.45) is 0 Å². The first kappa shape index (κ1) is 14.9. The molecule has 0 radical (unpaired) electrons. The van der Waals surface area contributed by atoms with Gasteiger partial charge in [0.15, 0.2) is 0 Å². The third-order valence-corrected chi connectivity index (χ3v) is 3.80. The minimum absolute atomic E-state index is 0.141. The van der Waals surface area contributed by atoms with Crippen LogP contribution >= 0.6 is 15.9 Å². The van der Waals surface area contributed by atoms with E-state index < -0.39 is 23.7 Å². The van der Waals surface area contributed by atoms with Crippen molar-refractivity contribution < 1.29 is 23.8 Å². The van der Waals surface area contributed by atoms with E-state index in [1.165, 1.54) is 25.3 Å². The van der Waals surface area contributed by atoms with Gasteiger partial charge in [-0.3, -0.25) is 4.79 Å². The normalized spacial score (nSPS) is 22.1. The van der Waals surface area contributed by atoms with E-state index in [-0.39, 0.29) is 24.6 Å². The summed E-state index contributed by atoms with van der Waals surface area (Å²) >= 11 is 3.11. The molecule has 2 atom stereocenters. The highest BCUT2D eigenvalue weighted by atomic mass is 79.9. The lowest BCUT2D eigenvalue weighted by atomic mass is 10.1. The molecule has 1 aliphatic heterocycles. The molecule has 0 spiro atoms. The van der Waals surface area contributed by atoms with Crippen molar-refractivity contribution in [2.45, 2.75) is 18.6 Å². The molecule has 0 aliphatic carbocycles. The Kier molecular flexibility index (Phi) is 4.39. The molecular weight excluding hydrogens is 333 g/mol. The number of hydrogen-bond acceptors (Lipinski definition) is 3. The number of carboxylic acids is 1. The molecule has 1 heterocycles. The Balaban J connectivity index is 2.29. The molecule has 1 saturated heterocycles. The predicted molar refractivity (Wildman–Crippen MR) is 72.0 cm³/mol. The van der Waals surface area contributed by atoms with Gasteiger partial charge in [-0.2, -0.15) is 0 Å². The molecule has 2 unspecified atom stereocenters. The minimum atomic E-state index is -1.12. The van der Waals surface area contributed by atoms with Crippen LogP contribution in [0.4, 0.5) is 4.39 Å². The molecule has 5 nitrogen and oxygen atoms in total. The van der Waals surface area contributed by atoms with Gasteiger partial charge in [-0.25, -0.2) is 9.18 Å². The number of carbonyl (C=O) groups excluding carboxylic acids is 1. The molecule has 1 fully saturated rings. The average molecular weight is 346 g/mol. The number of carbonyl (C=O) groups is 2. The van der Waals surface area contributed by atoms with Crippen LogP contribution in [0.5, 0.6) is 0 Å². The van der Waals surface area contributed by atoms with Gasteiger partial charge in [0.2, 0.25) is 0 Å². The zero-order valence-corrected chi connectivity index (χ0v) is 12.3. The molecule has 1 aliphatic rings. The lowest BCUT2D eigenvalue weighted by Crippen LogP contribution is -2.41. The van der Waals surface area contributed by atoms with Gasteiger partial charge in [0.05, 0.1) is 11.7 Å². The van der Waals surface area contributed by atoms with Crippen LogP contribution in [0.15, 0.2) is 22.7 Å². The third kappa shape index (κ3) is 2.83. The summed E-state index contributed by atoms with van der Waals surface area (Å²) in [6, 6.07) is 3.05. The number of nitrogens with zero attached hydrogens (tertiary/aromatic N) is 1. The monoisotopic (exact) mass is 345 g/mol. The van der Waals surface area contributed by atoms with E-state index in [4.69, 9.17) is 9.84 Å². The summed E-state index contributed by atoms with van der Waals surface area (Å²) in [5.74, 6) is -2.44. The third-order valence-electron chi connectivity index (χ3n) is 3.30. The minimum Gasteiger partial charge on any atom is -0.480 e. The largest absolute Gasteiger partial charge is 0.480 e. The number of halogens is 2. The van der Waals surface area contributed by atoms with Crippen LogP contribution in [0.2, 0.25) is 0 Å². The summed E-state index contributed by atoms with van der Waals surface area (Å²) in [6.45, 7) is 0.141. The predicted octanol–water partition coefficient (Wildman–Crippen LogP) is 1.90. The van der Waals surface area contributed by atoms with Gasteiger partial charge >= 0.3 is 5.97 Å². The van der Waals surface area contributed by atoms with Crippen molar-refractivity contribution in [3.8, 4) is 0 Å². The molecule has 1 aromatic carbocycles. The highest BCUT2D eigenvalue weighted by molar-refractivity contribution is 9.10. The van der Waals surface area contributed by atoms with Crippen molar-refractivity contribution in [3.05, 3.63) is 34.1 Å². The van der Waals surface area contributed by atoms with Crippen LogP contribution in [0.1, 0.15) is 16.8 Å². The van der Waals surface area contributed by atoms with E-state index in [2.05, 4.69) is 15.9 Å². The van der Waals surface area contributed by atoms with Gasteiger partial charge in [0.25, 0.3) is 5.91 Å². The first-order valence-electron chi connectivity index (χ1n) is 5.95. The topological polar surface area (TPSA) is 66.8 Å². The summed E-state index contributed by atoms with van der Waals surface area (Å²) in [5.41, 5.74) is -0.142. The molecular formula is C13H13BrFNO4. The van der Waals surface area contributed by atoms with Gasteiger partial charge in [0, 0.05) is 24.5 Å². The molecule has 1 amide bonds. The Morgan fingerprint density at radius 1 is 1.50 bits per heavy atom. The Labute approximate surface area is 123 Å². The lowest BCUT2D eigenvalue weighted by molar-refractivity contribution is -0.141. The number of rotatable bonds is 3. The zero-order chi connectivity index (χ0) is 14.9. The lowest BCUT2D eigenvalue weighted by Gasteiger charge is -2.21. The fourth-order valence-corrected chi connectivity index (χ4v) is 2.58. The van der Waals surface area contributed by atoms with E-state index in [1.54, 1.807) is 0 Å². The van der Waals surface area contributed by atoms with E-state index in [0.717, 1.165) is 4.90 Å². The van der Waals surface area contributed by atoms with E-state index >= 15 is 0 Å². The van der Waals surface area contributed by atoms with Gasteiger partial charge in [0.1, 0.15) is 11.9 Å². The second-order valence-corrected chi connectivity index (χ2v) is 5.44. The molecule has 0 bridgehead atoms. The van der Waals surface area contributed by atoms with Crippen LogP contribution in [-0.2, 0) is 9.53 Å². The number of likely N-dealkylation sites (tertiary alicyclic amines) is 1. The summed E-state index contributed by atoms with van der Waals surface area (Å²) in [5, 5.41) is 9.16. The SMILES string of the molecule is COC1CC(C(=O)O)N(C(=O)c2ccc(Br)cc2F)C1. The molecule has 7 heteroatoms. The number of ether oxygens (including phenoxy) is 1. The molecule has 0 aromatic heterocycles. The first-order chi connectivity index (χ1) is 9.43. The van der Waals surface area contributed by atoms with Gasteiger partial charge in [-0.1, -0.05) is 15.9 Å². The number of methoxy groups -OCH3 is 1. The van der Waals surface area contributed by atoms with Gasteiger partial charge in [-0.05, 0) is 18.2 Å². The number of amides is 1. The van der Waals surface area contributed by atoms with Gasteiger partial charge in [-0.15, -0.1) is 0 Å². The van der Waals surface area contributed by atoms with Crippen LogP contribution in [-0.4, -0.2) is 47.7 Å². The summed E-state index contributed by atoms with van der Waals surface area (Å²) < 4.78 is 19.4. The fourth-order valence-electron chi connectivity index (χ4n) is 2.24. The van der Waals surface area contributed by atoms with E-state index in [0.29, 0.717) is 4.47 Å². The highest BCUT2D eigenvalue weighted by Crippen LogP contribution is 2.24. The smallest absolute Gasteiger partial charge is 0.326 e. The summed E-state index contributed by atoms with van der Waals surface area (Å²) in [7, 11) is 1.46. The molecule has 20 heavy (non-hydrogen) atoms. The average Bonchev–Trinajstić information content (AvgIpc) is 2.82. The number of aliphatic carboxylic acids is 1. The Morgan fingerprint density at radius 3 is 2.75 bits per heavy atom. The molecule has 1 N–H and O–H groups in total. The van der Waals surface area contributed by atoms with Gasteiger partial charge < -0.3 is 14.7 Å². The maximum atomic E-state index is 13.8. The second-order valence-electron chi connectivity index (χ2n) is 4.53. The van der Waals surface area contributed by atoms with E-state index in [9.17, 15) is 14.0 Å². The molecule has 1 aromatic rings. The molecule has 0 saturated carbocycles. The Bertz CT molecular complexity index is 551. The van der Waals surface area contributed by atoms with Crippen LogP contribution in [0.25, 0.3) is 0 Å². The number of hydrogen-bond donors (Lipinski definition) is 1. The van der Waals surface area contributed by atoms with E-state index in [1.807, 2.05) is 0 Å². The van der Waals surface area contributed by atoms with Crippen molar-refractivity contribution in [1.82, 2.24) is 4.90 Å². The maximum Gasteiger partial charge on any atom is 0.326 e. The van der Waals surface area contributed by atoms with Crippen molar-refractivity contribution in [1.29, 1.82) is 0 Å². The number of benzene rings is 1. The molecule has 108 valence electrons. The standard InChI is InChI=1S/C13H13BrFNO4/c1-20-8-5-11(13(18)19)16(6-8)12(17)9-3-2-7(14)4-10(9)15/h2-4,8,11H,5-6H2,1H3,(H,18,19). The van der Waals surface area contributed by atoms with Crippen LogP contribution in [0, 0.1) is 5.82 Å².